The van der Waals surface area contributed by atoms with E-state index in [-0.39, 0.29) is 68.4 Å². The lowest BCUT2D eigenvalue weighted by atomic mass is 10.2. The molecule has 15 heteroatoms. The first-order chi connectivity index (χ1) is 18.1. The van der Waals surface area contributed by atoms with Crippen molar-refractivity contribution in [2.24, 2.45) is 15.9 Å². The lowest BCUT2D eigenvalue weighted by Crippen LogP contribution is -2.45. The predicted octanol–water partition coefficient (Wildman–Crippen LogP) is 0.553. The Labute approximate surface area is 216 Å². The van der Waals surface area contributed by atoms with Gasteiger partial charge < -0.3 is 20.1 Å². The largest absolute Gasteiger partial charge is 0.442 e. The number of benzene rings is 1. The Kier molecular flexibility index (Phi) is 6.88. The van der Waals surface area contributed by atoms with Crippen LogP contribution in [0, 0.1) is 17.6 Å². The number of amides is 4. The summed E-state index contributed by atoms with van der Waals surface area (Å²) in [5.74, 6) is -1.81. The molecule has 0 radical (unpaired) electrons. The number of cyclic esters (lactones) is 1. The number of carbonyl (C=O) groups excluding carboxylic acids is 3. The van der Waals surface area contributed by atoms with Crippen molar-refractivity contribution in [1.82, 2.24) is 20.2 Å². The van der Waals surface area contributed by atoms with Gasteiger partial charge in [0, 0.05) is 50.8 Å². The molecule has 3 saturated heterocycles. The van der Waals surface area contributed by atoms with Crippen molar-refractivity contribution < 1.29 is 33.0 Å². The maximum atomic E-state index is 15.2. The van der Waals surface area contributed by atoms with Crippen molar-refractivity contribution in [2.45, 2.75) is 26.3 Å². The molecule has 1 aromatic rings. The highest BCUT2D eigenvalue weighted by atomic mass is 19.1. The van der Waals surface area contributed by atoms with E-state index in [9.17, 15) is 19.5 Å². The van der Waals surface area contributed by atoms with E-state index >= 15 is 8.78 Å². The van der Waals surface area contributed by atoms with Crippen molar-refractivity contribution in [3.8, 4) is 0 Å². The molecule has 1 aromatic carbocycles. The SMILES string of the molecule is CC(=O)NC[C@H]1CN(c2cc(F)c(N3CCN4C(=O)N(C5=NCC(C)C=N5)C(O)N4CC3)c(F)c2)C(=O)O1. The summed E-state index contributed by atoms with van der Waals surface area (Å²) in [6.45, 7) is 4.18. The van der Waals surface area contributed by atoms with E-state index in [0.29, 0.717) is 6.54 Å². The number of aliphatic imine (C=N–C) groups is 2. The van der Waals surface area contributed by atoms with Gasteiger partial charge in [-0.25, -0.2) is 28.3 Å². The van der Waals surface area contributed by atoms with Gasteiger partial charge in [-0.1, -0.05) is 6.92 Å². The second-order valence-electron chi connectivity index (χ2n) is 9.48. The lowest BCUT2D eigenvalue weighted by molar-refractivity contribution is -0.119. The van der Waals surface area contributed by atoms with Gasteiger partial charge in [0.15, 0.2) is 11.6 Å². The molecule has 5 rings (SSSR count). The molecular formula is C23H28F2N8O5. The van der Waals surface area contributed by atoms with Crippen molar-refractivity contribution in [3.05, 3.63) is 23.8 Å². The summed E-state index contributed by atoms with van der Waals surface area (Å²) in [6, 6.07) is 1.58. The Hall–Kier alpha value is -3.85. The van der Waals surface area contributed by atoms with Crippen molar-refractivity contribution in [2.75, 3.05) is 55.6 Å². The average molecular weight is 535 g/mol. The first-order valence-electron chi connectivity index (χ1n) is 12.2. The van der Waals surface area contributed by atoms with Crippen molar-refractivity contribution >= 4 is 41.6 Å². The lowest BCUT2D eigenvalue weighted by Gasteiger charge is -2.26. The van der Waals surface area contributed by atoms with E-state index in [4.69, 9.17) is 4.74 Å². The van der Waals surface area contributed by atoms with Crippen LogP contribution in [0.3, 0.4) is 0 Å². The van der Waals surface area contributed by atoms with Crippen LogP contribution >= 0.6 is 0 Å². The van der Waals surface area contributed by atoms with Crippen molar-refractivity contribution in [1.29, 1.82) is 0 Å². The molecule has 4 amide bonds. The fourth-order valence-corrected chi connectivity index (χ4v) is 4.77. The van der Waals surface area contributed by atoms with Crippen LogP contribution in [0.4, 0.5) is 29.7 Å². The zero-order valence-electron chi connectivity index (χ0n) is 20.9. The topological polar surface area (TPSA) is 134 Å². The molecule has 4 aliphatic heterocycles. The van der Waals surface area contributed by atoms with E-state index in [1.54, 1.807) is 6.21 Å². The third kappa shape index (κ3) is 4.74. The van der Waals surface area contributed by atoms with Crippen LogP contribution in [0.1, 0.15) is 13.8 Å². The zero-order valence-corrected chi connectivity index (χ0v) is 20.9. The summed E-state index contributed by atoms with van der Waals surface area (Å²) in [7, 11) is 0. The van der Waals surface area contributed by atoms with Gasteiger partial charge in [0.2, 0.25) is 18.2 Å². The second kappa shape index (κ2) is 10.1. The molecule has 3 fully saturated rings. The Morgan fingerprint density at radius 2 is 1.89 bits per heavy atom. The van der Waals surface area contributed by atoms with Gasteiger partial charge in [0.1, 0.15) is 11.8 Å². The maximum absolute atomic E-state index is 15.2. The van der Waals surface area contributed by atoms with Gasteiger partial charge in [-0.15, -0.1) is 0 Å². The third-order valence-electron chi connectivity index (χ3n) is 6.68. The van der Waals surface area contributed by atoms with E-state index in [2.05, 4.69) is 15.3 Å². The molecular weight excluding hydrogens is 506 g/mol. The standard InChI is InChI=1S/C23H28F2N8O5/c1-13-9-27-20(28-10-13)33-21(35)31-5-3-29(4-6-32(31)22(33)36)19-17(24)7-15(8-18(19)25)30-12-16(38-23(30)37)11-26-14(2)34/h7-9,13,16,21,35H,3-6,10-12H2,1-2H3,(H,26,34)/t13?,16-,21?/m0/s1. The van der Waals surface area contributed by atoms with Crippen LogP contribution in [0.2, 0.25) is 0 Å². The second-order valence-corrected chi connectivity index (χ2v) is 9.48. The number of aliphatic hydroxyl groups is 1. The number of carbonyl (C=O) groups is 3. The number of rotatable bonds is 4. The summed E-state index contributed by atoms with van der Waals surface area (Å²) >= 11 is 0. The molecule has 0 saturated carbocycles. The fourth-order valence-electron chi connectivity index (χ4n) is 4.77. The van der Waals surface area contributed by atoms with Gasteiger partial charge in [0.05, 0.1) is 31.9 Å². The highest BCUT2D eigenvalue weighted by molar-refractivity contribution is 6.01. The predicted molar refractivity (Wildman–Crippen MR) is 131 cm³/mol. The maximum Gasteiger partial charge on any atom is 0.414 e. The van der Waals surface area contributed by atoms with Crippen LogP contribution < -0.4 is 15.1 Å². The van der Waals surface area contributed by atoms with E-state index in [1.165, 1.54) is 21.8 Å². The number of guanidine groups is 1. The average Bonchev–Trinajstić information content (AvgIpc) is 3.24. The van der Waals surface area contributed by atoms with Crippen LogP contribution in [0.15, 0.2) is 22.1 Å². The van der Waals surface area contributed by atoms with Crippen molar-refractivity contribution in [3.63, 3.8) is 0 Å². The molecule has 0 aliphatic carbocycles. The summed E-state index contributed by atoms with van der Waals surface area (Å²) in [4.78, 5) is 48.5. The molecule has 4 aliphatic rings. The van der Waals surface area contributed by atoms with Gasteiger partial charge in [0.25, 0.3) is 0 Å². The number of hydrogen-bond acceptors (Lipinski definition) is 9. The van der Waals surface area contributed by atoms with Crippen LogP contribution in [0.5, 0.6) is 0 Å². The minimum Gasteiger partial charge on any atom is -0.442 e. The van der Waals surface area contributed by atoms with Gasteiger partial charge in [-0.2, -0.15) is 5.01 Å². The van der Waals surface area contributed by atoms with Crippen LogP contribution in [-0.2, 0) is 9.53 Å². The number of halogens is 2. The smallest absolute Gasteiger partial charge is 0.414 e. The summed E-state index contributed by atoms with van der Waals surface area (Å²) in [5, 5.41) is 16.1. The number of ether oxygens (including phenoxy) is 1. The van der Waals surface area contributed by atoms with Crippen LogP contribution in [0.25, 0.3) is 0 Å². The number of nitrogens with zero attached hydrogens (tertiary/aromatic N) is 7. The number of hydrazine groups is 1. The monoisotopic (exact) mass is 534 g/mol. The normalized spacial score (nSPS) is 25.9. The quantitative estimate of drug-likeness (QED) is 0.577. The molecule has 0 aromatic heterocycles. The molecule has 13 nitrogen and oxygen atoms in total. The number of hydrogen-bond donors (Lipinski definition) is 2. The molecule has 3 atom stereocenters. The van der Waals surface area contributed by atoms with E-state index in [0.717, 1.165) is 21.9 Å². The Morgan fingerprint density at radius 1 is 1.18 bits per heavy atom. The molecule has 2 N–H and O–H groups in total. The van der Waals surface area contributed by atoms with Gasteiger partial charge in [-0.3, -0.25) is 19.7 Å². The first-order valence-corrected chi connectivity index (χ1v) is 12.2. The minimum atomic E-state index is -1.35. The summed E-state index contributed by atoms with van der Waals surface area (Å²) < 4.78 is 35.6. The van der Waals surface area contributed by atoms with Crippen LogP contribution in [-0.4, -0.2) is 108 Å². The number of nitrogens with one attached hydrogen (secondary N) is 1. The highest BCUT2D eigenvalue weighted by Crippen LogP contribution is 2.32. The summed E-state index contributed by atoms with van der Waals surface area (Å²) in [6.07, 6.45) is -1.10. The number of anilines is 2. The highest BCUT2D eigenvalue weighted by Gasteiger charge is 2.47. The summed E-state index contributed by atoms with van der Waals surface area (Å²) in [5.41, 5.74) is -0.310. The van der Waals surface area contributed by atoms with E-state index < -0.39 is 36.2 Å². The fraction of sp³-hybridized carbons (Fsp3) is 0.522. The molecule has 0 spiro atoms. The molecule has 4 heterocycles. The molecule has 38 heavy (non-hydrogen) atoms. The molecule has 2 unspecified atom stereocenters. The number of fused-ring (bicyclic) bond motifs is 1. The Balaban J connectivity index is 1.29. The zero-order chi connectivity index (χ0) is 27.1. The number of urea groups is 1. The van der Waals surface area contributed by atoms with Gasteiger partial charge >= 0.3 is 12.1 Å². The minimum absolute atomic E-state index is 0.0114. The van der Waals surface area contributed by atoms with E-state index in [1.807, 2.05) is 6.92 Å². The first kappa shape index (κ1) is 25.8. The third-order valence-corrected chi connectivity index (χ3v) is 6.68. The van der Waals surface area contributed by atoms with Gasteiger partial charge in [-0.05, 0) is 0 Å². The Bertz CT molecular complexity index is 1190. The Morgan fingerprint density at radius 3 is 2.55 bits per heavy atom. The molecule has 0 bridgehead atoms. The molecule has 204 valence electrons. The number of aliphatic hydroxyl groups excluding tert-OH is 1.